The number of hydrogen-bond donors (Lipinski definition) is 2. The van der Waals surface area contributed by atoms with Crippen LogP contribution in [-0.4, -0.2) is 27.3 Å². The Morgan fingerprint density at radius 2 is 2.31 bits per heavy atom. The molecule has 0 fully saturated rings. The molecular formula is C18H18FN5OS. The third-order valence-electron chi connectivity index (χ3n) is 4.56. The first-order valence-electron chi connectivity index (χ1n) is 8.28. The summed E-state index contributed by atoms with van der Waals surface area (Å²) in [6, 6.07) is 6.44. The first-order valence-corrected chi connectivity index (χ1v) is 9.16. The summed E-state index contributed by atoms with van der Waals surface area (Å²) in [5.74, 6) is 0.381. The van der Waals surface area contributed by atoms with E-state index >= 15 is 0 Å². The lowest BCUT2D eigenvalue weighted by Gasteiger charge is -2.26. The summed E-state index contributed by atoms with van der Waals surface area (Å²) in [4.78, 5) is 16.9. The van der Waals surface area contributed by atoms with Crippen molar-refractivity contribution in [3.63, 3.8) is 0 Å². The van der Waals surface area contributed by atoms with Crippen molar-refractivity contribution in [2.45, 2.75) is 25.4 Å². The van der Waals surface area contributed by atoms with E-state index in [-0.39, 0.29) is 18.0 Å². The second kappa shape index (κ2) is 6.28. The summed E-state index contributed by atoms with van der Waals surface area (Å²) in [5, 5.41) is 9.68. The highest BCUT2D eigenvalue weighted by molar-refractivity contribution is 8.16. The molecular weight excluding hydrogens is 353 g/mol. The lowest BCUT2D eigenvalue weighted by atomic mass is 9.90. The molecule has 0 amide bonds. The third kappa shape index (κ3) is 3.01. The quantitative estimate of drug-likeness (QED) is 0.807. The zero-order valence-corrected chi connectivity index (χ0v) is 15.0. The topological polar surface area (TPSA) is 85.3 Å². The van der Waals surface area contributed by atoms with Gasteiger partial charge in [-0.1, -0.05) is 17.8 Å². The van der Waals surface area contributed by atoms with Gasteiger partial charge in [-0.2, -0.15) is 5.10 Å². The highest BCUT2D eigenvalue weighted by atomic mass is 32.2. The number of carbonyl (C=O) groups excluding carboxylic acids is 1. The predicted molar refractivity (Wildman–Crippen MR) is 101 cm³/mol. The molecule has 3 N–H and O–H groups in total. The Kier molecular flexibility index (Phi) is 4.07. The average molecular weight is 371 g/mol. The SMILES string of the molecule is C[C@@]1(c2cc(CC(=O)c3cc4n(n3)CCN4)ccc2F)C=CSC(N)=N1. The molecule has 8 heteroatoms. The minimum atomic E-state index is -0.877. The Balaban J connectivity index is 1.60. The minimum Gasteiger partial charge on any atom is -0.378 e. The fraction of sp³-hybridized carbons (Fsp3) is 0.278. The van der Waals surface area contributed by atoms with Gasteiger partial charge in [0.25, 0.3) is 0 Å². The molecule has 1 atom stereocenters. The fourth-order valence-corrected chi connectivity index (χ4v) is 3.90. The molecule has 0 spiro atoms. The molecule has 1 aromatic heterocycles. The molecule has 4 rings (SSSR count). The van der Waals surface area contributed by atoms with Crippen molar-refractivity contribution < 1.29 is 9.18 Å². The van der Waals surface area contributed by atoms with Crippen molar-refractivity contribution in [2.75, 3.05) is 11.9 Å². The van der Waals surface area contributed by atoms with Gasteiger partial charge in [-0.05, 0) is 36.1 Å². The van der Waals surface area contributed by atoms with Crippen LogP contribution in [0.5, 0.6) is 0 Å². The molecule has 1 aromatic carbocycles. The largest absolute Gasteiger partial charge is 0.378 e. The summed E-state index contributed by atoms with van der Waals surface area (Å²) in [6.07, 6.45) is 1.96. The standard InChI is InChI=1S/C18H18FN5OS/c1-18(4-7-26-17(20)22-18)12-8-11(2-3-13(12)19)9-15(25)14-10-16-21-5-6-24(16)23-14/h2-4,7-8,10,21H,5-6,9H2,1H3,(H2,20,22)/t18-/m0/s1. The Hall–Kier alpha value is -2.61. The van der Waals surface area contributed by atoms with Crippen molar-refractivity contribution in [3.05, 3.63) is 58.4 Å². The summed E-state index contributed by atoms with van der Waals surface area (Å²) >= 11 is 1.30. The van der Waals surface area contributed by atoms with Gasteiger partial charge in [-0.15, -0.1) is 0 Å². The van der Waals surface area contributed by atoms with Crippen molar-refractivity contribution in [1.82, 2.24) is 9.78 Å². The number of benzene rings is 1. The van der Waals surface area contributed by atoms with E-state index in [9.17, 15) is 9.18 Å². The summed E-state index contributed by atoms with van der Waals surface area (Å²) < 4.78 is 16.2. The van der Waals surface area contributed by atoms with Gasteiger partial charge in [-0.3, -0.25) is 4.79 Å². The fourth-order valence-electron chi connectivity index (χ4n) is 3.18. The van der Waals surface area contributed by atoms with E-state index in [4.69, 9.17) is 5.73 Å². The Labute approximate surface area is 154 Å². The number of hydrogen-bond acceptors (Lipinski definition) is 6. The van der Waals surface area contributed by atoms with Gasteiger partial charge in [0.1, 0.15) is 22.9 Å². The van der Waals surface area contributed by atoms with Crippen LogP contribution < -0.4 is 11.1 Å². The molecule has 0 unspecified atom stereocenters. The monoisotopic (exact) mass is 371 g/mol. The summed E-state index contributed by atoms with van der Waals surface area (Å²) in [6.45, 7) is 3.38. The van der Waals surface area contributed by atoms with Gasteiger partial charge < -0.3 is 11.1 Å². The second-order valence-corrected chi connectivity index (χ2v) is 7.42. The number of halogens is 1. The lowest BCUT2D eigenvalue weighted by molar-refractivity contribution is 0.0987. The maximum absolute atomic E-state index is 14.4. The van der Waals surface area contributed by atoms with Gasteiger partial charge in [0.2, 0.25) is 0 Å². The number of anilines is 1. The minimum absolute atomic E-state index is 0.103. The van der Waals surface area contributed by atoms with Crippen LogP contribution in [0.25, 0.3) is 0 Å². The highest BCUT2D eigenvalue weighted by Crippen LogP contribution is 2.34. The Morgan fingerprint density at radius 3 is 3.08 bits per heavy atom. The lowest BCUT2D eigenvalue weighted by Crippen LogP contribution is -2.25. The van der Waals surface area contributed by atoms with Gasteiger partial charge >= 0.3 is 0 Å². The molecule has 0 saturated heterocycles. The van der Waals surface area contributed by atoms with Gasteiger partial charge in [0.15, 0.2) is 11.0 Å². The molecule has 0 aliphatic carbocycles. The van der Waals surface area contributed by atoms with Crippen molar-refractivity contribution in [1.29, 1.82) is 0 Å². The number of rotatable bonds is 4. The van der Waals surface area contributed by atoms with Crippen LogP contribution in [0.3, 0.4) is 0 Å². The van der Waals surface area contributed by atoms with Gasteiger partial charge in [-0.25, -0.2) is 14.1 Å². The van der Waals surface area contributed by atoms with Crippen LogP contribution in [0.4, 0.5) is 10.2 Å². The number of Topliss-reactive ketones (excluding diaryl/α,β-unsaturated/α-hetero) is 1. The molecule has 3 heterocycles. The molecule has 134 valence electrons. The van der Waals surface area contributed by atoms with E-state index in [1.165, 1.54) is 17.8 Å². The Bertz CT molecular complexity index is 930. The van der Waals surface area contributed by atoms with Crippen LogP contribution in [-0.2, 0) is 18.5 Å². The number of aromatic nitrogens is 2. The Morgan fingerprint density at radius 1 is 1.46 bits per heavy atom. The van der Waals surface area contributed by atoms with Crippen LogP contribution in [0.1, 0.15) is 28.5 Å². The van der Waals surface area contributed by atoms with Crippen LogP contribution in [0, 0.1) is 5.82 Å². The maximum atomic E-state index is 14.4. The highest BCUT2D eigenvalue weighted by Gasteiger charge is 2.29. The number of amidine groups is 1. The molecule has 6 nitrogen and oxygen atoms in total. The zero-order chi connectivity index (χ0) is 18.3. The van der Waals surface area contributed by atoms with Crippen LogP contribution >= 0.6 is 11.8 Å². The molecule has 2 aliphatic rings. The smallest absolute Gasteiger partial charge is 0.187 e. The van der Waals surface area contributed by atoms with E-state index in [0.717, 1.165) is 18.9 Å². The number of fused-ring (bicyclic) bond motifs is 1. The molecule has 26 heavy (non-hydrogen) atoms. The first kappa shape index (κ1) is 16.8. The van der Waals surface area contributed by atoms with E-state index in [2.05, 4.69) is 15.4 Å². The normalized spacial score (nSPS) is 21.2. The molecule has 0 saturated carbocycles. The zero-order valence-electron chi connectivity index (χ0n) is 14.2. The van der Waals surface area contributed by atoms with Crippen LogP contribution in [0.2, 0.25) is 0 Å². The van der Waals surface area contributed by atoms with Crippen molar-refractivity contribution in [2.24, 2.45) is 10.7 Å². The number of nitrogens with two attached hydrogens (primary N) is 1. The third-order valence-corrected chi connectivity index (χ3v) is 5.16. The van der Waals surface area contributed by atoms with Gasteiger partial charge in [0, 0.05) is 24.6 Å². The summed E-state index contributed by atoms with van der Waals surface area (Å²) in [5.41, 5.74) is 6.45. The molecule has 0 radical (unpaired) electrons. The number of thioether (sulfide) groups is 1. The number of carbonyl (C=O) groups is 1. The average Bonchev–Trinajstić information content (AvgIpc) is 3.18. The summed E-state index contributed by atoms with van der Waals surface area (Å²) in [7, 11) is 0. The number of ketones is 1. The van der Waals surface area contributed by atoms with E-state index in [1.807, 2.05) is 6.08 Å². The second-order valence-electron chi connectivity index (χ2n) is 6.50. The van der Waals surface area contributed by atoms with Gasteiger partial charge in [0.05, 0.1) is 6.54 Å². The first-order chi connectivity index (χ1) is 12.4. The van der Waals surface area contributed by atoms with Crippen molar-refractivity contribution in [3.8, 4) is 0 Å². The van der Waals surface area contributed by atoms with E-state index in [1.54, 1.807) is 35.2 Å². The predicted octanol–water partition coefficient (Wildman–Crippen LogP) is 2.66. The molecule has 2 aliphatic heterocycles. The number of nitrogens with zero attached hydrogens (tertiary/aromatic N) is 3. The molecule has 2 aromatic rings. The number of aliphatic imine (C=N–C) groups is 1. The van der Waals surface area contributed by atoms with Crippen molar-refractivity contribution >= 4 is 28.5 Å². The number of nitrogens with one attached hydrogen (secondary N) is 1. The maximum Gasteiger partial charge on any atom is 0.187 e. The van der Waals surface area contributed by atoms with Crippen LogP contribution in [0.15, 0.2) is 40.7 Å². The molecule has 0 bridgehead atoms. The van der Waals surface area contributed by atoms with E-state index < -0.39 is 5.54 Å². The van der Waals surface area contributed by atoms with E-state index in [0.29, 0.717) is 22.0 Å².